The Morgan fingerprint density at radius 1 is 1.20 bits per heavy atom. The lowest BCUT2D eigenvalue weighted by molar-refractivity contribution is -0.127. The summed E-state index contributed by atoms with van der Waals surface area (Å²) < 4.78 is 1.05. The van der Waals surface area contributed by atoms with E-state index in [2.05, 4.69) is 15.3 Å². The zero-order valence-corrected chi connectivity index (χ0v) is 18.9. The molecule has 0 saturated carbocycles. The van der Waals surface area contributed by atoms with Gasteiger partial charge in [0.1, 0.15) is 5.25 Å². The van der Waals surface area contributed by atoms with Gasteiger partial charge in [-0.3, -0.25) is 14.5 Å². The molecule has 6 nitrogen and oxygen atoms in total. The number of hydrogen-bond donors (Lipinski definition) is 1. The number of nitrogens with one attached hydrogen (secondary N) is 1. The highest BCUT2D eigenvalue weighted by molar-refractivity contribution is 8.15. The molecule has 154 valence electrons. The van der Waals surface area contributed by atoms with Crippen molar-refractivity contribution in [3.8, 4) is 0 Å². The van der Waals surface area contributed by atoms with Crippen LogP contribution in [-0.4, -0.2) is 39.2 Å². The second-order valence-electron chi connectivity index (χ2n) is 7.39. The fourth-order valence-electron chi connectivity index (χ4n) is 3.52. The number of carbonyl (C=O) groups excluding carboxylic acids is 2. The molecule has 1 aromatic heterocycles. The van der Waals surface area contributed by atoms with Gasteiger partial charge in [-0.05, 0) is 44.0 Å². The number of thiazole rings is 1. The van der Waals surface area contributed by atoms with Crippen LogP contribution < -0.4 is 5.32 Å². The molecule has 0 bridgehead atoms. The molecule has 30 heavy (non-hydrogen) atoms. The van der Waals surface area contributed by atoms with Crippen LogP contribution in [0.3, 0.4) is 0 Å². The number of fused-ring (bicyclic) bond motifs is 1. The molecule has 2 amide bonds. The molecule has 2 heterocycles. The smallest absolute Gasteiger partial charge is 0.242 e. The molecule has 4 rings (SSSR count). The molecule has 2 aromatic carbocycles. The summed E-state index contributed by atoms with van der Waals surface area (Å²) in [5, 5.41) is 3.66. The van der Waals surface area contributed by atoms with Gasteiger partial charge < -0.3 is 5.32 Å². The largest absolute Gasteiger partial charge is 0.326 e. The Kier molecular flexibility index (Phi) is 5.62. The number of aryl methyl sites for hydroxylation is 3. The molecular weight excluding hydrogens is 416 g/mol. The fraction of sp³-hybridized carbons (Fsp3) is 0.273. The van der Waals surface area contributed by atoms with Crippen molar-refractivity contribution in [2.24, 2.45) is 4.99 Å². The first-order valence-electron chi connectivity index (χ1n) is 9.58. The van der Waals surface area contributed by atoms with Crippen molar-refractivity contribution in [3.05, 3.63) is 53.1 Å². The highest BCUT2D eigenvalue weighted by Crippen LogP contribution is 2.34. The normalized spacial score (nSPS) is 17.9. The van der Waals surface area contributed by atoms with E-state index in [1.54, 1.807) is 7.05 Å². The number of nitrogens with zero attached hydrogens (tertiary/aromatic N) is 3. The third-order valence-electron chi connectivity index (χ3n) is 4.93. The van der Waals surface area contributed by atoms with E-state index < -0.39 is 5.25 Å². The molecule has 0 spiro atoms. The molecule has 1 fully saturated rings. The van der Waals surface area contributed by atoms with Crippen LogP contribution in [0.2, 0.25) is 0 Å². The third-order valence-corrected chi connectivity index (χ3v) is 7.09. The average Bonchev–Trinajstić information content (AvgIpc) is 3.21. The molecular formula is C22H22N4O2S2. The van der Waals surface area contributed by atoms with Crippen LogP contribution in [0.1, 0.15) is 23.1 Å². The fourth-order valence-corrected chi connectivity index (χ4v) is 5.55. The van der Waals surface area contributed by atoms with Crippen molar-refractivity contribution < 1.29 is 9.59 Å². The van der Waals surface area contributed by atoms with E-state index in [-0.39, 0.29) is 18.2 Å². The average molecular weight is 439 g/mol. The number of carbonyl (C=O) groups is 2. The van der Waals surface area contributed by atoms with Crippen molar-refractivity contribution >= 4 is 61.1 Å². The summed E-state index contributed by atoms with van der Waals surface area (Å²) in [6.07, 6.45) is 0.0967. The summed E-state index contributed by atoms with van der Waals surface area (Å²) in [6.45, 7) is 5.98. The van der Waals surface area contributed by atoms with Crippen molar-refractivity contribution in [2.75, 3.05) is 12.4 Å². The SMILES string of the molecule is Cc1cc(C)c(NC(=O)C[C@@H]2SC(=Nc3nc4ccccc4s3)N(C)C2=O)c(C)c1. The summed E-state index contributed by atoms with van der Waals surface area (Å²) >= 11 is 2.79. The number of benzene rings is 2. The first-order valence-corrected chi connectivity index (χ1v) is 11.3. The van der Waals surface area contributed by atoms with Gasteiger partial charge >= 0.3 is 0 Å². The molecule has 0 unspecified atom stereocenters. The van der Waals surface area contributed by atoms with Gasteiger partial charge in [-0.15, -0.1) is 0 Å². The molecule has 1 N–H and O–H groups in total. The summed E-state index contributed by atoms with van der Waals surface area (Å²) in [5.41, 5.74) is 4.89. The van der Waals surface area contributed by atoms with Crippen LogP contribution in [0.5, 0.6) is 0 Å². The predicted octanol–water partition coefficient (Wildman–Crippen LogP) is 4.81. The minimum Gasteiger partial charge on any atom is -0.326 e. The van der Waals surface area contributed by atoms with Crippen LogP contribution in [0.4, 0.5) is 10.8 Å². The lowest BCUT2D eigenvalue weighted by atomic mass is 10.0. The third kappa shape index (κ3) is 4.11. The van der Waals surface area contributed by atoms with Gasteiger partial charge in [0, 0.05) is 19.2 Å². The summed E-state index contributed by atoms with van der Waals surface area (Å²) in [7, 11) is 1.69. The van der Waals surface area contributed by atoms with Crippen molar-refractivity contribution in [1.29, 1.82) is 0 Å². The molecule has 1 atom stereocenters. The minimum atomic E-state index is -0.491. The van der Waals surface area contributed by atoms with Gasteiger partial charge in [-0.2, -0.15) is 4.99 Å². The number of amidine groups is 1. The number of para-hydroxylation sites is 1. The number of thioether (sulfide) groups is 1. The first-order chi connectivity index (χ1) is 14.3. The Labute approximate surface area is 183 Å². The van der Waals surface area contributed by atoms with E-state index in [1.807, 2.05) is 57.2 Å². The van der Waals surface area contributed by atoms with Gasteiger partial charge in [-0.1, -0.05) is 52.9 Å². The minimum absolute atomic E-state index is 0.0967. The second kappa shape index (κ2) is 8.20. The van der Waals surface area contributed by atoms with E-state index in [0.29, 0.717) is 10.3 Å². The maximum Gasteiger partial charge on any atom is 0.242 e. The van der Waals surface area contributed by atoms with Crippen LogP contribution in [0, 0.1) is 20.8 Å². The number of hydrogen-bond acceptors (Lipinski definition) is 6. The van der Waals surface area contributed by atoms with Crippen LogP contribution >= 0.6 is 23.1 Å². The summed E-state index contributed by atoms with van der Waals surface area (Å²) in [4.78, 5) is 35.9. The van der Waals surface area contributed by atoms with Gasteiger partial charge in [0.25, 0.3) is 0 Å². The topological polar surface area (TPSA) is 74.7 Å². The lowest BCUT2D eigenvalue weighted by Crippen LogP contribution is -2.30. The molecule has 1 aliphatic rings. The molecule has 3 aromatic rings. The highest BCUT2D eigenvalue weighted by Gasteiger charge is 2.37. The van der Waals surface area contributed by atoms with E-state index >= 15 is 0 Å². The zero-order valence-electron chi connectivity index (χ0n) is 17.2. The van der Waals surface area contributed by atoms with E-state index in [0.717, 1.165) is 32.6 Å². The molecule has 0 radical (unpaired) electrons. The van der Waals surface area contributed by atoms with E-state index in [1.165, 1.54) is 28.0 Å². The Bertz CT molecular complexity index is 1130. The Morgan fingerprint density at radius 3 is 2.60 bits per heavy atom. The maximum atomic E-state index is 12.7. The van der Waals surface area contributed by atoms with Gasteiger partial charge in [-0.25, -0.2) is 4.98 Å². The quantitative estimate of drug-likeness (QED) is 0.634. The number of aromatic nitrogens is 1. The lowest BCUT2D eigenvalue weighted by Gasteiger charge is -2.14. The van der Waals surface area contributed by atoms with Gasteiger partial charge in [0.2, 0.25) is 16.9 Å². The zero-order chi connectivity index (χ0) is 21.4. The number of rotatable bonds is 4. The van der Waals surface area contributed by atoms with Gasteiger partial charge in [0.05, 0.1) is 10.2 Å². The predicted molar refractivity (Wildman–Crippen MR) is 125 cm³/mol. The number of amides is 2. The molecule has 0 aliphatic carbocycles. The second-order valence-corrected chi connectivity index (χ2v) is 9.57. The summed E-state index contributed by atoms with van der Waals surface area (Å²) in [6, 6.07) is 11.9. The monoisotopic (exact) mass is 438 g/mol. The van der Waals surface area contributed by atoms with Crippen LogP contribution in [0.15, 0.2) is 41.4 Å². The van der Waals surface area contributed by atoms with E-state index in [9.17, 15) is 9.59 Å². The van der Waals surface area contributed by atoms with Crippen molar-refractivity contribution in [2.45, 2.75) is 32.4 Å². The molecule has 1 saturated heterocycles. The van der Waals surface area contributed by atoms with Gasteiger partial charge in [0.15, 0.2) is 5.17 Å². The number of aliphatic imine (C=N–C) groups is 1. The Balaban J connectivity index is 1.48. The first kappa shape index (κ1) is 20.6. The number of anilines is 1. The molecule has 1 aliphatic heterocycles. The standard InChI is InChI=1S/C22H22N4O2S2/c1-12-9-13(2)19(14(3)10-12)24-18(27)11-17-20(28)26(4)22(30-17)25-21-23-15-7-5-6-8-16(15)29-21/h5-10,17H,11H2,1-4H3,(H,24,27)/t17-/m0/s1. The van der Waals surface area contributed by atoms with Crippen LogP contribution in [-0.2, 0) is 9.59 Å². The molecule has 8 heteroatoms. The highest BCUT2D eigenvalue weighted by atomic mass is 32.2. The van der Waals surface area contributed by atoms with E-state index in [4.69, 9.17) is 0 Å². The van der Waals surface area contributed by atoms with Crippen molar-refractivity contribution in [3.63, 3.8) is 0 Å². The Hall–Kier alpha value is -2.71. The summed E-state index contributed by atoms with van der Waals surface area (Å²) in [5.74, 6) is -0.294. The van der Waals surface area contributed by atoms with Crippen LogP contribution in [0.25, 0.3) is 10.2 Å². The van der Waals surface area contributed by atoms with Crippen molar-refractivity contribution in [1.82, 2.24) is 9.88 Å². The Morgan fingerprint density at radius 2 is 1.90 bits per heavy atom. The maximum absolute atomic E-state index is 12.7.